The Morgan fingerprint density at radius 3 is 2.25 bits per heavy atom. The molecule has 0 N–H and O–H groups in total. The van der Waals surface area contributed by atoms with E-state index < -0.39 is 38.8 Å². The lowest BCUT2D eigenvalue weighted by Gasteiger charge is -2.06. The van der Waals surface area contributed by atoms with E-state index in [0.29, 0.717) is 6.07 Å². The van der Waals surface area contributed by atoms with Gasteiger partial charge in [-0.05, 0) is 18.2 Å². The van der Waals surface area contributed by atoms with Gasteiger partial charge in [0.15, 0.2) is 5.75 Å². The molecule has 0 heterocycles. The first kappa shape index (κ1) is 16.8. The van der Waals surface area contributed by atoms with E-state index in [4.69, 9.17) is 9.47 Å². The lowest BCUT2D eigenvalue weighted by atomic mass is 10.2. The average Bonchev–Trinajstić information content (AvgIpc) is 2.53. The largest absolute Gasteiger partial charge is 0.490 e. The number of hydrogen-bond acceptors (Lipinski definition) is 7. The Balaban J connectivity index is 2.37. The molecule has 0 bridgehead atoms. The first-order chi connectivity index (χ1) is 11.3. The predicted octanol–water partition coefficient (Wildman–Crippen LogP) is 2.87. The molecule has 124 valence electrons. The number of nitro benzene ring substituents is 2. The first-order valence-electron chi connectivity index (χ1n) is 6.32. The van der Waals surface area contributed by atoms with E-state index in [1.165, 1.54) is 19.2 Å². The zero-order valence-electron chi connectivity index (χ0n) is 12.1. The van der Waals surface area contributed by atoms with Gasteiger partial charge in [-0.1, -0.05) is 0 Å². The molecule has 0 aromatic heterocycles. The van der Waals surface area contributed by atoms with Crippen LogP contribution in [0.25, 0.3) is 0 Å². The van der Waals surface area contributed by atoms with E-state index in [1.54, 1.807) is 0 Å². The number of nitrogens with zero attached hydrogens (tertiary/aromatic N) is 2. The van der Waals surface area contributed by atoms with Crippen molar-refractivity contribution in [2.75, 3.05) is 7.11 Å². The summed E-state index contributed by atoms with van der Waals surface area (Å²) < 4.78 is 22.8. The third-order valence-electron chi connectivity index (χ3n) is 2.93. The molecule has 0 radical (unpaired) electrons. The summed E-state index contributed by atoms with van der Waals surface area (Å²) in [5.41, 5.74) is -1.35. The summed E-state index contributed by atoms with van der Waals surface area (Å²) in [4.78, 5) is 32.2. The second-order valence-corrected chi connectivity index (χ2v) is 4.40. The first-order valence-corrected chi connectivity index (χ1v) is 6.32. The molecule has 0 spiro atoms. The van der Waals surface area contributed by atoms with Crippen molar-refractivity contribution in [2.24, 2.45) is 0 Å². The van der Waals surface area contributed by atoms with Crippen LogP contribution in [0.1, 0.15) is 10.4 Å². The molecule has 0 aliphatic carbocycles. The van der Waals surface area contributed by atoms with Gasteiger partial charge in [-0.25, -0.2) is 9.18 Å². The molecule has 10 heteroatoms. The van der Waals surface area contributed by atoms with E-state index >= 15 is 0 Å². The Kier molecular flexibility index (Phi) is 4.68. The molecule has 0 aliphatic heterocycles. The molecular weight excluding hydrogens is 327 g/mol. The van der Waals surface area contributed by atoms with Crippen molar-refractivity contribution in [3.63, 3.8) is 0 Å². The van der Waals surface area contributed by atoms with E-state index in [-0.39, 0.29) is 11.3 Å². The summed E-state index contributed by atoms with van der Waals surface area (Å²) in [5, 5.41) is 21.8. The number of nitro groups is 2. The average molecular weight is 336 g/mol. The van der Waals surface area contributed by atoms with Gasteiger partial charge in [0, 0.05) is 18.2 Å². The molecular formula is C14H9FN2O7. The molecule has 0 unspecified atom stereocenters. The maximum absolute atomic E-state index is 13.2. The van der Waals surface area contributed by atoms with Crippen LogP contribution in [0.15, 0.2) is 36.4 Å². The second kappa shape index (κ2) is 6.69. The number of hydrogen-bond donors (Lipinski definition) is 0. The summed E-state index contributed by atoms with van der Waals surface area (Å²) in [6.45, 7) is 0. The Morgan fingerprint density at radius 2 is 1.67 bits per heavy atom. The van der Waals surface area contributed by atoms with Crippen molar-refractivity contribution < 1.29 is 28.5 Å². The molecule has 9 nitrogen and oxygen atoms in total. The maximum Gasteiger partial charge on any atom is 0.344 e. The number of halogens is 1. The van der Waals surface area contributed by atoms with Gasteiger partial charge >= 0.3 is 17.3 Å². The molecule has 0 aliphatic rings. The van der Waals surface area contributed by atoms with Crippen molar-refractivity contribution in [1.82, 2.24) is 0 Å². The maximum atomic E-state index is 13.2. The van der Waals surface area contributed by atoms with Crippen molar-refractivity contribution in [3.8, 4) is 11.5 Å². The highest BCUT2D eigenvalue weighted by atomic mass is 19.1. The number of carbonyl (C=O) groups is 1. The Labute approximate surface area is 133 Å². The lowest BCUT2D eigenvalue weighted by molar-refractivity contribution is -0.385. The summed E-state index contributed by atoms with van der Waals surface area (Å²) >= 11 is 0. The van der Waals surface area contributed by atoms with Gasteiger partial charge in [-0.2, -0.15) is 0 Å². The van der Waals surface area contributed by atoms with Crippen LogP contribution in [0, 0.1) is 26.0 Å². The number of ether oxygens (including phenoxy) is 2. The normalized spacial score (nSPS) is 10.1. The number of esters is 1. The minimum atomic E-state index is -1.12. The zero-order chi connectivity index (χ0) is 17.9. The van der Waals surface area contributed by atoms with E-state index in [0.717, 1.165) is 18.2 Å². The zero-order valence-corrected chi connectivity index (χ0v) is 12.1. The van der Waals surface area contributed by atoms with Crippen LogP contribution in [-0.4, -0.2) is 22.9 Å². The summed E-state index contributed by atoms with van der Waals surface area (Å²) in [7, 11) is 1.22. The smallest absolute Gasteiger partial charge is 0.344 e. The Bertz CT molecular complexity index is 838. The Morgan fingerprint density at radius 1 is 1.00 bits per heavy atom. The molecule has 0 fully saturated rings. The van der Waals surface area contributed by atoms with Crippen molar-refractivity contribution in [1.29, 1.82) is 0 Å². The highest BCUT2D eigenvalue weighted by molar-refractivity contribution is 5.92. The van der Waals surface area contributed by atoms with Crippen LogP contribution in [-0.2, 0) is 0 Å². The molecule has 0 amide bonds. The minimum Gasteiger partial charge on any atom is -0.490 e. The fourth-order valence-corrected chi connectivity index (χ4v) is 1.84. The fraction of sp³-hybridized carbons (Fsp3) is 0.0714. The van der Waals surface area contributed by atoms with E-state index in [1.807, 2.05) is 0 Å². The van der Waals surface area contributed by atoms with Gasteiger partial charge in [0.25, 0.3) is 0 Å². The van der Waals surface area contributed by atoms with Gasteiger partial charge < -0.3 is 9.47 Å². The monoisotopic (exact) mass is 336 g/mol. The van der Waals surface area contributed by atoms with Crippen LogP contribution in [0.4, 0.5) is 15.8 Å². The van der Waals surface area contributed by atoms with Gasteiger partial charge in [-0.15, -0.1) is 0 Å². The SMILES string of the molecule is COc1ccc(C(=O)Oc2cc(F)ccc2[N+](=O)[O-])cc1[N+](=O)[O-]. The minimum absolute atomic E-state index is 0.0757. The quantitative estimate of drug-likeness (QED) is 0.356. The molecule has 2 rings (SSSR count). The summed E-state index contributed by atoms with van der Waals surface area (Å²) in [6.07, 6.45) is 0. The molecule has 2 aromatic rings. The van der Waals surface area contributed by atoms with Gasteiger partial charge in [-0.3, -0.25) is 20.2 Å². The third kappa shape index (κ3) is 3.43. The van der Waals surface area contributed by atoms with E-state index in [2.05, 4.69) is 0 Å². The Hall–Kier alpha value is -3.56. The molecule has 0 saturated heterocycles. The number of methoxy groups -OCH3 is 1. The second-order valence-electron chi connectivity index (χ2n) is 4.40. The standard InChI is InChI=1S/C14H9FN2O7/c1-23-12-5-2-8(6-11(12)17(21)22)14(18)24-13-7-9(15)3-4-10(13)16(19)20/h2-7H,1H3. The van der Waals surface area contributed by atoms with Gasteiger partial charge in [0.05, 0.1) is 22.5 Å². The topological polar surface area (TPSA) is 122 Å². The fourth-order valence-electron chi connectivity index (χ4n) is 1.84. The van der Waals surface area contributed by atoms with Crippen molar-refractivity contribution >= 4 is 17.3 Å². The highest BCUT2D eigenvalue weighted by Gasteiger charge is 2.23. The number of benzene rings is 2. The summed E-state index contributed by atoms with van der Waals surface area (Å²) in [5.74, 6) is -2.64. The lowest BCUT2D eigenvalue weighted by Crippen LogP contribution is -2.10. The highest BCUT2D eigenvalue weighted by Crippen LogP contribution is 2.30. The van der Waals surface area contributed by atoms with Crippen LogP contribution in [0.2, 0.25) is 0 Å². The van der Waals surface area contributed by atoms with Crippen LogP contribution >= 0.6 is 0 Å². The van der Waals surface area contributed by atoms with Crippen LogP contribution in [0.5, 0.6) is 11.5 Å². The predicted molar refractivity (Wildman–Crippen MR) is 77.7 cm³/mol. The summed E-state index contributed by atoms with van der Waals surface area (Å²) in [6, 6.07) is 5.61. The number of carbonyl (C=O) groups excluding carboxylic acids is 1. The van der Waals surface area contributed by atoms with E-state index in [9.17, 15) is 29.4 Å². The molecule has 0 saturated carbocycles. The number of rotatable bonds is 5. The third-order valence-corrected chi connectivity index (χ3v) is 2.93. The van der Waals surface area contributed by atoms with Crippen LogP contribution < -0.4 is 9.47 Å². The van der Waals surface area contributed by atoms with Gasteiger partial charge in [0.2, 0.25) is 5.75 Å². The van der Waals surface area contributed by atoms with Gasteiger partial charge in [0.1, 0.15) is 5.82 Å². The molecule has 24 heavy (non-hydrogen) atoms. The van der Waals surface area contributed by atoms with Crippen molar-refractivity contribution in [3.05, 3.63) is 68.0 Å². The molecule has 0 atom stereocenters. The van der Waals surface area contributed by atoms with Crippen molar-refractivity contribution in [2.45, 2.75) is 0 Å². The molecule has 2 aromatic carbocycles. The van der Waals surface area contributed by atoms with Crippen LogP contribution in [0.3, 0.4) is 0 Å².